The van der Waals surface area contributed by atoms with Gasteiger partial charge in [0.05, 0.1) is 19.8 Å². The molecule has 0 saturated carbocycles. The van der Waals surface area contributed by atoms with E-state index in [2.05, 4.69) is 32.9 Å². The highest BCUT2D eigenvalue weighted by Crippen LogP contribution is 2.43. The molecule has 0 aromatic rings. The van der Waals surface area contributed by atoms with E-state index in [4.69, 9.17) is 23.3 Å². The van der Waals surface area contributed by atoms with Crippen molar-refractivity contribution in [2.45, 2.75) is 315 Å². The monoisotopic (exact) mass is 1010 g/mol. The number of phosphoric ester groups is 1. The highest BCUT2D eigenvalue weighted by Gasteiger charge is 2.28. The van der Waals surface area contributed by atoms with Gasteiger partial charge in [-0.3, -0.25) is 23.4 Å². The second-order valence-electron chi connectivity index (χ2n) is 20.2. The van der Waals surface area contributed by atoms with E-state index in [0.717, 1.165) is 77.0 Å². The number of carbonyl (C=O) groups is 3. The average Bonchev–Trinajstić information content (AvgIpc) is 3.35. The van der Waals surface area contributed by atoms with E-state index in [9.17, 15) is 28.9 Å². The molecule has 0 aliphatic rings. The van der Waals surface area contributed by atoms with Crippen molar-refractivity contribution in [1.82, 2.24) is 0 Å². The van der Waals surface area contributed by atoms with E-state index < -0.39 is 57.8 Å². The minimum Gasteiger partial charge on any atom is -0.462 e. The normalized spacial score (nSPS) is 13.4. The quantitative estimate of drug-likeness (QED) is 0.0197. The summed E-state index contributed by atoms with van der Waals surface area (Å²) in [5, 5.41) is 9.81. The Morgan fingerprint density at radius 3 is 0.986 bits per heavy atom. The summed E-state index contributed by atoms with van der Waals surface area (Å²) in [7, 11) is -4.74. The van der Waals surface area contributed by atoms with Crippen LogP contribution in [0.5, 0.6) is 0 Å². The van der Waals surface area contributed by atoms with Crippen molar-refractivity contribution in [3.63, 3.8) is 0 Å². The summed E-state index contributed by atoms with van der Waals surface area (Å²) < 4.78 is 39.5. The summed E-state index contributed by atoms with van der Waals surface area (Å²) in [5.41, 5.74) is 0. The molecular weight excluding hydrogens is 904 g/mol. The zero-order valence-electron chi connectivity index (χ0n) is 45.8. The first kappa shape index (κ1) is 68.2. The molecule has 0 amide bonds. The van der Waals surface area contributed by atoms with Crippen LogP contribution in [0.1, 0.15) is 303 Å². The van der Waals surface area contributed by atoms with Gasteiger partial charge in [-0.25, -0.2) is 4.57 Å². The summed E-state index contributed by atoms with van der Waals surface area (Å²) in [6.45, 7) is 4.69. The van der Waals surface area contributed by atoms with E-state index in [1.54, 1.807) is 0 Å². The van der Waals surface area contributed by atoms with Gasteiger partial charge in [0, 0.05) is 19.3 Å². The van der Waals surface area contributed by atoms with Crippen LogP contribution >= 0.6 is 7.82 Å². The van der Waals surface area contributed by atoms with E-state index in [1.807, 2.05) is 0 Å². The summed E-state index contributed by atoms with van der Waals surface area (Å²) >= 11 is 0. The highest BCUT2D eigenvalue weighted by molar-refractivity contribution is 7.47. The van der Waals surface area contributed by atoms with E-state index in [0.29, 0.717) is 19.3 Å². The predicted octanol–water partition coefficient (Wildman–Crippen LogP) is 17.3. The van der Waals surface area contributed by atoms with Crippen LogP contribution < -0.4 is 0 Å². The number of hydrogen-bond donors (Lipinski definition) is 2. The molecule has 0 radical (unpaired) electrons. The first-order valence-electron chi connectivity index (χ1n) is 29.6. The first-order chi connectivity index (χ1) is 34.2. The molecule has 0 aliphatic heterocycles. The lowest BCUT2D eigenvalue weighted by Crippen LogP contribution is -2.30. The standard InChI is InChI=1S/C58H111O11P/c1-4-7-10-13-16-19-22-25-27-30-32-35-38-41-44-47-56(60)65-51-55(69-58(62)49-46-43-40-37-34-31-28-26-23-20-17-14-11-8-5-2)53-67-70(63,64)66-52-54(50-59)68-57(61)48-45-42-39-36-33-29-24-21-18-15-12-9-6-3/h25,27,54-55,59H,4-24,26,28-53H2,1-3H3,(H,63,64)/b27-25-. The number of rotatable bonds is 56. The molecule has 0 aromatic heterocycles. The molecule has 0 spiro atoms. The zero-order valence-corrected chi connectivity index (χ0v) is 46.7. The van der Waals surface area contributed by atoms with Gasteiger partial charge < -0.3 is 24.2 Å². The molecule has 0 bridgehead atoms. The fourth-order valence-electron chi connectivity index (χ4n) is 8.65. The van der Waals surface area contributed by atoms with Crippen molar-refractivity contribution < 1.29 is 52.2 Å². The van der Waals surface area contributed by atoms with Crippen molar-refractivity contribution in [3.8, 4) is 0 Å². The number of allylic oxidation sites excluding steroid dienone is 2. The van der Waals surface area contributed by atoms with Crippen LogP contribution in [0.4, 0.5) is 0 Å². The SMILES string of the molecule is CCCCCCCC/C=C\CCCCCCCC(=O)OCC(COP(=O)(O)OCC(CO)OC(=O)CCCCCCCCCCCCCCC)OC(=O)CCCCCCCCCCCCCCCCC. The molecule has 3 unspecified atom stereocenters. The first-order valence-corrected chi connectivity index (χ1v) is 31.1. The lowest BCUT2D eigenvalue weighted by molar-refractivity contribution is -0.161. The van der Waals surface area contributed by atoms with Gasteiger partial charge in [0.15, 0.2) is 6.10 Å². The van der Waals surface area contributed by atoms with Crippen LogP contribution in [0, 0.1) is 0 Å². The second kappa shape index (κ2) is 53.5. The molecule has 0 aliphatic carbocycles. The topological polar surface area (TPSA) is 155 Å². The van der Waals surface area contributed by atoms with Crippen LogP contribution in [0.15, 0.2) is 12.2 Å². The smallest absolute Gasteiger partial charge is 0.462 e. The maximum atomic E-state index is 12.9. The van der Waals surface area contributed by atoms with Gasteiger partial charge in [0.2, 0.25) is 0 Å². The van der Waals surface area contributed by atoms with Crippen molar-refractivity contribution in [1.29, 1.82) is 0 Å². The molecule has 2 N–H and O–H groups in total. The van der Waals surface area contributed by atoms with Crippen molar-refractivity contribution in [3.05, 3.63) is 12.2 Å². The van der Waals surface area contributed by atoms with Crippen LogP contribution in [-0.4, -0.2) is 66.5 Å². The van der Waals surface area contributed by atoms with Crippen molar-refractivity contribution in [2.75, 3.05) is 26.4 Å². The third-order valence-corrected chi connectivity index (χ3v) is 14.1. The lowest BCUT2D eigenvalue weighted by Gasteiger charge is -2.21. The molecule has 12 heteroatoms. The molecule has 3 atom stereocenters. The third-order valence-electron chi connectivity index (χ3n) is 13.2. The van der Waals surface area contributed by atoms with Crippen LogP contribution in [0.3, 0.4) is 0 Å². The fraction of sp³-hybridized carbons (Fsp3) is 0.914. The Morgan fingerprint density at radius 2 is 0.657 bits per heavy atom. The van der Waals surface area contributed by atoms with Crippen LogP contribution in [-0.2, 0) is 42.2 Å². The van der Waals surface area contributed by atoms with Gasteiger partial charge in [-0.15, -0.1) is 0 Å². The summed E-state index contributed by atoms with van der Waals surface area (Å²) in [4.78, 5) is 48.5. The molecule has 0 rings (SSSR count). The Balaban J connectivity index is 4.68. The van der Waals surface area contributed by atoms with Gasteiger partial charge in [-0.1, -0.05) is 251 Å². The van der Waals surface area contributed by atoms with Crippen molar-refractivity contribution in [2.24, 2.45) is 0 Å². The largest absolute Gasteiger partial charge is 0.472 e. The number of aliphatic hydroxyl groups is 1. The minimum absolute atomic E-state index is 0.174. The fourth-order valence-corrected chi connectivity index (χ4v) is 9.43. The molecule has 0 heterocycles. The van der Waals surface area contributed by atoms with Crippen molar-refractivity contribution >= 4 is 25.7 Å². The Kier molecular flexibility index (Phi) is 52.1. The number of hydrogen-bond acceptors (Lipinski definition) is 10. The number of ether oxygens (including phenoxy) is 3. The second-order valence-corrected chi connectivity index (χ2v) is 21.6. The van der Waals surface area contributed by atoms with Gasteiger partial charge in [0.25, 0.3) is 0 Å². The number of esters is 3. The molecule has 414 valence electrons. The lowest BCUT2D eigenvalue weighted by atomic mass is 10.0. The van der Waals surface area contributed by atoms with E-state index >= 15 is 0 Å². The Labute approximate surface area is 430 Å². The van der Waals surface area contributed by atoms with E-state index in [1.165, 1.54) is 167 Å². The van der Waals surface area contributed by atoms with E-state index in [-0.39, 0.29) is 25.9 Å². The molecule has 0 fully saturated rings. The van der Waals surface area contributed by atoms with Gasteiger partial charge in [-0.2, -0.15) is 0 Å². The number of phosphoric acid groups is 1. The third kappa shape index (κ3) is 51.1. The summed E-state index contributed by atoms with van der Waals surface area (Å²) in [5.74, 6) is -1.44. The molecular formula is C58H111O11P. The highest BCUT2D eigenvalue weighted by atomic mass is 31.2. The average molecular weight is 1020 g/mol. The van der Waals surface area contributed by atoms with Gasteiger partial charge in [0.1, 0.15) is 12.7 Å². The minimum atomic E-state index is -4.74. The Hall–Kier alpha value is -1.78. The van der Waals surface area contributed by atoms with Gasteiger partial charge >= 0.3 is 25.7 Å². The predicted molar refractivity (Wildman–Crippen MR) is 289 cm³/mol. The number of aliphatic hydroxyl groups excluding tert-OH is 1. The molecule has 70 heavy (non-hydrogen) atoms. The molecule has 0 saturated heterocycles. The van der Waals surface area contributed by atoms with Crippen LogP contribution in [0.25, 0.3) is 0 Å². The maximum Gasteiger partial charge on any atom is 0.472 e. The van der Waals surface area contributed by atoms with Gasteiger partial charge in [-0.05, 0) is 44.9 Å². The number of carbonyl (C=O) groups excluding carboxylic acids is 3. The summed E-state index contributed by atoms with van der Waals surface area (Å²) in [6, 6.07) is 0. The number of unbranched alkanes of at least 4 members (excludes halogenated alkanes) is 37. The maximum absolute atomic E-state index is 12.9. The molecule has 11 nitrogen and oxygen atoms in total. The Morgan fingerprint density at radius 1 is 0.386 bits per heavy atom. The molecule has 0 aromatic carbocycles. The Bertz CT molecular complexity index is 1230. The van der Waals surface area contributed by atoms with Crippen LogP contribution in [0.2, 0.25) is 0 Å². The zero-order chi connectivity index (χ0) is 51.3. The summed E-state index contributed by atoms with van der Waals surface area (Å²) in [6.07, 6.45) is 51.6.